The van der Waals surface area contributed by atoms with E-state index in [4.69, 9.17) is 0 Å². The average Bonchev–Trinajstić information content (AvgIpc) is 2.09. The maximum Gasteiger partial charge on any atom is 0.233 e. The normalized spacial score (nSPS) is 19.2. The molecule has 78 valence electrons. The van der Waals surface area contributed by atoms with Crippen molar-refractivity contribution in [2.75, 3.05) is 46.8 Å². The van der Waals surface area contributed by atoms with Gasteiger partial charge in [0.25, 0.3) is 0 Å². The second-order valence-electron chi connectivity index (χ2n) is 3.25. The summed E-state index contributed by atoms with van der Waals surface area (Å²) < 4.78 is 0. The second kappa shape index (κ2) is 5.94. The zero-order chi connectivity index (χ0) is 8.97. The number of hydrogen-bond donors (Lipinski definition) is 1. The van der Waals surface area contributed by atoms with Gasteiger partial charge in [-0.3, -0.25) is 9.69 Å². The maximum atomic E-state index is 11.0. The van der Waals surface area contributed by atoms with Gasteiger partial charge >= 0.3 is 0 Å². The number of nitrogens with one attached hydrogen (secondary N) is 1. The molecule has 13 heavy (non-hydrogen) atoms. The van der Waals surface area contributed by atoms with Crippen LogP contribution in [0, 0.1) is 0 Å². The lowest BCUT2D eigenvalue weighted by molar-refractivity contribution is -0.122. The van der Waals surface area contributed by atoms with Crippen LogP contribution in [0.4, 0.5) is 0 Å². The zero-order valence-corrected chi connectivity index (χ0v) is 7.84. The van der Waals surface area contributed by atoms with Crippen molar-refractivity contribution in [2.45, 2.75) is 7.43 Å². The summed E-state index contributed by atoms with van der Waals surface area (Å²) in [6.45, 7) is 4.69. The van der Waals surface area contributed by atoms with E-state index in [1.54, 1.807) is 7.05 Å². The highest BCUT2D eigenvalue weighted by Gasteiger charge is 2.15. The third-order valence-electron chi connectivity index (χ3n) is 2.24. The Hall–Kier alpha value is -0.610. The fourth-order valence-electron chi connectivity index (χ4n) is 1.29. The minimum Gasteiger partial charge on any atom is -0.358 e. The maximum absolute atomic E-state index is 11.0. The van der Waals surface area contributed by atoms with Crippen LogP contribution in [0.25, 0.3) is 0 Å². The Labute approximate surface area is 80.9 Å². The molecule has 1 heterocycles. The molecular weight excluding hydrogens is 166 g/mol. The Bertz CT molecular complexity index is 153. The predicted molar refractivity (Wildman–Crippen MR) is 54.7 cm³/mol. The fourth-order valence-corrected chi connectivity index (χ4v) is 1.29. The molecule has 0 aromatic rings. The Kier molecular flexibility index (Phi) is 5.66. The Morgan fingerprint density at radius 1 is 1.31 bits per heavy atom. The quantitative estimate of drug-likeness (QED) is 0.640. The third-order valence-corrected chi connectivity index (χ3v) is 2.24. The molecule has 0 aromatic carbocycles. The number of carbonyl (C=O) groups is 1. The Morgan fingerprint density at radius 3 is 2.31 bits per heavy atom. The van der Waals surface area contributed by atoms with Crippen LogP contribution in [-0.2, 0) is 4.79 Å². The number of piperazine rings is 1. The molecule has 1 saturated heterocycles. The SMILES string of the molecule is C.CNC(=O)CN1CCN(C)CC1. The van der Waals surface area contributed by atoms with E-state index in [9.17, 15) is 4.79 Å². The van der Waals surface area contributed by atoms with Gasteiger partial charge in [-0.2, -0.15) is 0 Å². The van der Waals surface area contributed by atoms with Gasteiger partial charge in [0.05, 0.1) is 6.54 Å². The molecule has 0 unspecified atom stereocenters. The number of hydrogen-bond acceptors (Lipinski definition) is 3. The lowest BCUT2D eigenvalue weighted by Crippen LogP contribution is -2.47. The molecule has 1 amide bonds. The van der Waals surface area contributed by atoms with Crippen LogP contribution >= 0.6 is 0 Å². The first-order chi connectivity index (χ1) is 5.72. The second-order valence-corrected chi connectivity index (χ2v) is 3.25. The van der Waals surface area contributed by atoms with Gasteiger partial charge in [-0.05, 0) is 7.05 Å². The first-order valence-corrected chi connectivity index (χ1v) is 4.34. The van der Waals surface area contributed by atoms with Crippen LogP contribution in [0.5, 0.6) is 0 Å². The minimum atomic E-state index is 0. The van der Waals surface area contributed by atoms with E-state index >= 15 is 0 Å². The summed E-state index contributed by atoms with van der Waals surface area (Å²) >= 11 is 0. The highest BCUT2D eigenvalue weighted by Crippen LogP contribution is 1.97. The van der Waals surface area contributed by atoms with Gasteiger partial charge in [0.2, 0.25) is 5.91 Å². The summed E-state index contributed by atoms with van der Waals surface area (Å²) in [5, 5.41) is 2.63. The van der Waals surface area contributed by atoms with Gasteiger partial charge in [0.1, 0.15) is 0 Å². The molecule has 0 radical (unpaired) electrons. The van der Waals surface area contributed by atoms with E-state index < -0.39 is 0 Å². The Morgan fingerprint density at radius 2 is 1.85 bits per heavy atom. The van der Waals surface area contributed by atoms with E-state index in [2.05, 4.69) is 22.2 Å². The molecule has 1 aliphatic heterocycles. The van der Waals surface area contributed by atoms with E-state index in [0.29, 0.717) is 6.54 Å². The lowest BCUT2D eigenvalue weighted by Gasteiger charge is -2.31. The molecule has 0 aromatic heterocycles. The van der Waals surface area contributed by atoms with E-state index in [0.717, 1.165) is 26.2 Å². The predicted octanol–water partition coefficient (Wildman–Crippen LogP) is -0.384. The standard InChI is InChI=1S/C8H17N3O.CH4/c1-9-8(12)7-11-5-3-10(2)4-6-11;/h3-7H2,1-2H3,(H,9,12);1H4. The summed E-state index contributed by atoms with van der Waals surface area (Å²) in [7, 11) is 3.79. The van der Waals surface area contributed by atoms with Crippen LogP contribution in [0.2, 0.25) is 0 Å². The molecule has 1 rings (SSSR count). The molecule has 0 spiro atoms. The van der Waals surface area contributed by atoms with Gasteiger partial charge < -0.3 is 10.2 Å². The molecule has 0 saturated carbocycles. The average molecular weight is 187 g/mol. The molecule has 1 N–H and O–H groups in total. The molecule has 4 heteroatoms. The van der Waals surface area contributed by atoms with Crippen molar-refractivity contribution < 1.29 is 4.79 Å². The molecule has 1 aliphatic rings. The van der Waals surface area contributed by atoms with Gasteiger partial charge in [0, 0.05) is 33.2 Å². The molecule has 0 atom stereocenters. The monoisotopic (exact) mass is 187 g/mol. The van der Waals surface area contributed by atoms with Crippen molar-refractivity contribution in [1.82, 2.24) is 15.1 Å². The first kappa shape index (κ1) is 12.4. The van der Waals surface area contributed by atoms with Crippen molar-refractivity contribution in [3.05, 3.63) is 0 Å². The van der Waals surface area contributed by atoms with Crippen LogP contribution in [-0.4, -0.2) is 62.5 Å². The molecule has 1 fully saturated rings. The van der Waals surface area contributed by atoms with Crippen LogP contribution in [0.1, 0.15) is 7.43 Å². The molecule has 0 bridgehead atoms. The van der Waals surface area contributed by atoms with Gasteiger partial charge in [-0.15, -0.1) is 0 Å². The number of amides is 1. The minimum absolute atomic E-state index is 0. The largest absolute Gasteiger partial charge is 0.358 e. The zero-order valence-electron chi connectivity index (χ0n) is 7.84. The fraction of sp³-hybridized carbons (Fsp3) is 0.889. The molecular formula is C9H21N3O. The lowest BCUT2D eigenvalue weighted by atomic mass is 10.3. The molecule has 4 nitrogen and oxygen atoms in total. The topological polar surface area (TPSA) is 35.6 Å². The highest BCUT2D eigenvalue weighted by atomic mass is 16.1. The number of likely N-dealkylation sites (N-methyl/N-ethyl adjacent to an activating group) is 2. The summed E-state index contributed by atoms with van der Waals surface area (Å²) in [4.78, 5) is 15.5. The number of rotatable bonds is 2. The highest BCUT2D eigenvalue weighted by molar-refractivity contribution is 5.77. The van der Waals surface area contributed by atoms with Crippen LogP contribution < -0.4 is 5.32 Å². The van der Waals surface area contributed by atoms with Crippen molar-refractivity contribution in [2.24, 2.45) is 0 Å². The van der Waals surface area contributed by atoms with Gasteiger partial charge in [0.15, 0.2) is 0 Å². The van der Waals surface area contributed by atoms with Gasteiger partial charge in [-0.25, -0.2) is 0 Å². The van der Waals surface area contributed by atoms with Crippen molar-refractivity contribution >= 4 is 5.91 Å². The van der Waals surface area contributed by atoms with Crippen molar-refractivity contribution in [3.8, 4) is 0 Å². The van der Waals surface area contributed by atoms with Crippen molar-refractivity contribution in [3.63, 3.8) is 0 Å². The summed E-state index contributed by atoms with van der Waals surface area (Å²) in [5.41, 5.74) is 0. The smallest absolute Gasteiger partial charge is 0.233 e. The van der Waals surface area contributed by atoms with Crippen LogP contribution in [0.15, 0.2) is 0 Å². The number of carbonyl (C=O) groups excluding carboxylic acids is 1. The van der Waals surface area contributed by atoms with Gasteiger partial charge in [-0.1, -0.05) is 7.43 Å². The summed E-state index contributed by atoms with van der Waals surface area (Å²) in [6, 6.07) is 0. The third kappa shape index (κ3) is 4.24. The van der Waals surface area contributed by atoms with Crippen LogP contribution in [0.3, 0.4) is 0 Å². The number of nitrogens with zero attached hydrogens (tertiary/aromatic N) is 2. The Balaban J connectivity index is 0.00000144. The van der Waals surface area contributed by atoms with E-state index in [1.807, 2.05) is 0 Å². The van der Waals surface area contributed by atoms with Crippen molar-refractivity contribution in [1.29, 1.82) is 0 Å². The summed E-state index contributed by atoms with van der Waals surface area (Å²) in [5.74, 6) is 0.111. The first-order valence-electron chi connectivity index (χ1n) is 4.34. The van der Waals surface area contributed by atoms with E-state index in [-0.39, 0.29) is 13.3 Å². The molecule has 0 aliphatic carbocycles. The van der Waals surface area contributed by atoms with E-state index in [1.165, 1.54) is 0 Å². The summed E-state index contributed by atoms with van der Waals surface area (Å²) in [6.07, 6.45) is 0.